The Morgan fingerprint density at radius 3 is 2.50 bits per heavy atom. The van der Waals surface area contributed by atoms with Crippen molar-refractivity contribution in [3.63, 3.8) is 0 Å². The van der Waals surface area contributed by atoms with Crippen molar-refractivity contribution in [1.82, 2.24) is 15.5 Å². The topological polar surface area (TPSA) is 168 Å². The van der Waals surface area contributed by atoms with Gasteiger partial charge in [0.15, 0.2) is 0 Å². The maximum absolute atomic E-state index is 13.8. The zero-order valence-corrected chi connectivity index (χ0v) is 25.3. The molecule has 0 radical (unpaired) electrons. The number of alkyl carbamates (subject to hydrolysis) is 1. The molecule has 1 aromatic carbocycles. The van der Waals surface area contributed by atoms with Gasteiger partial charge in [-0.2, -0.15) is 0 Å². The van der Waals surface area contributed by atoms with Crippen molar-refractivity contribution < 1.29 is 33.5 Å². The van der Waals surface area contributed by atoms with Crippen LogP contribution in [0.25, 0.3) is 0 Å². The monoisotopic (exact) mass is 604 g/mol. The minimum atomic E-state index is -4.25. The molecule has 13 heteroatoms. The van der Waals surface area contributed by atoms with Crippen molar-refractivity contribution in [3.05, 3.63) is 52.6 Å². The molecule has 3 amide bonds. The minimum absolute atomic E-state index is 0.0953. The normalized spacial score (nSPS) is 26.1. The highest BCUT2D eigenvalue weighted by Gasteiger charge is 2.65. The van der Waals surface area contributed by atoms with Crippen LogP contribution >= 0.6 is 7.37 Å². The third-order valence-corrected chi connectivity index (χ3v) is 11.2. The highest BCUT2D eigenvalue weighted by Crippen LogP contribution is 2.71. The van der Waals surface area contributed by atoms with Crippen molar-refractivity contribution in [2.75, 3.05) is 6.54 Å². The number of nitro groups is 1. The molecule has 12 nitrogen and oxygen atoms in total. The Kier molecular flexibility index (Phi) is 9.18. The number of amides is 3. The number of hydrogen-bond donors (Lipinski definition) is 3. The van der Waals surface area contributed by atoms with Crippen LogP contribution in [-0.4, -0.2) is 62.6 Å². The number of likely N-dealkylation sites (tertiary alicyclic amines) is 1. The fourth-order valence-electron chi connectivity index (χ4n) is 6.11. The van der Waals surface area contributed by atoms with Crippen molar-refractivity contribution >= 4 is 31.0 Å². The van der Waals surface area contributed by atoms with Gasteiger partial charge in [0.1, 0.15) is 23.5 Å². The van der Waals surface area contributed by atoms with E-state index in [-0.39, 0.29) is 30.3 Å². The van der Waals surface area contributed by atoms with Crippen molar-refractivity contribution in [2.24, 2.45) is 11.3 Å². The first-order valence-corrected chi connectivity index (χ1v) is 16.3. The number of nitrogens with zero attached hydrogens (tertiary/aromatic N) is 2. The fraction of sp³-hybridized carbons (Fsp3) is 0.621. The molecule has 0 aromatic heterocycles. The molecular formula is C29H41N4O8P. The van der Waals surface area contributed by atoms with E-state index in [1.807, 2.05) is 20.8 Å². The van der Waals surface area contributed by atoms with Crippen LogP contribution < -0.4 is 10.6 Å². The molecule has 3 N–H and O–H groups in total. The second kappa shape index (κ2) is 12.2. The number of para-hydroxylation sites is 1. The summed E-state index contributed by atoms with van der Waals surface area (Å²) in [7, 11) is -4.25. The van der Waals surface area contributed by atoms with E-state index in [1.54, 1.807) is 6.07 Å². The van der Waals surface area contributed by atoms with E-state index in [9.17, 15) is 34.0 Å². The summed E-state index contributed by atoms with van der Waals surface area (Å²) in [6.45, 7) is 9.47. The molecule has 2 saturated carbocycles. The highest BCUT2D eigenvalue weighted by atomic mass is 31.2. The molecule has 1 aromatic rings. The van der Waals surface area contributed by atoms with Gasteiger partial charge >= 0.3 is 6.09 Å². The van der Waals surface area contributed by atoms with Gasteiger partial charge in [-0.1, -0.05) is 45.0 Å². The van der Waals surface area contributed by atoms with Crippen LogP contribution in [0.1, 0.15) is 71.3 Å². The van der Waals surface area contributed by atoms with Crippen LogP contribution in [-0.2, 0) is 25.1 Å². The zero-order valence-electron chi connectivity index (χ0n) is 24.4. The van der Waals surface area contributed by atoms with Gasteiger partial charge in [0.05, 0.1) is 11.1 Å². The van der Waals surface area contributed by atoms with E-state index < -0.39 is 65.1 Å². The lowest BCUT2D eigenvalue weighted by Crippen LogP contribution is -2.58. The fourth-order valence-corrected chi connectivity index (χ4v) is 8.51. The van der Waals surface area contributed by atoms with Crippen LogP contribution in [0.5, 0.6) is 0 Å². The number of ether oxygens (including phenoxy) is 1. The number of rotatable bonds is 10. The summed E-state index contributed by atoms with van der Waals surface area (Å²) in [5.74, 6) is -1.52. The summed E-state index contributed by atoms with van der Waals surface area (Å²) in [6, 6.07) is 3.85. The molecule has 3 fully saturated rings. The van der Waals surface area contributed by atoms with Gasteiger partial charge in [0.2, 0.25) is 19.2 Å². The first kappa shape index (κ1) is 31.7. The molecule has 5 atom stereocenters. The van der Waals surface area contributed by atoms with Crippen molar-refractivity contribution in [2.45, 2.75) is 95.3 Å². The Labute approximate surface area is 245 Å². The van der Waals surface area contributed by atoms with Gasteiger partial charge in [-0.25, -0.2) is 4.79 Å². The molecule has 0 bridgehead atoms. The molecule has 230 valence electrons. The third kappa shape index (κ3) is 6.54. The summed E-state index contributed by atoms with van der Waals surface area (Å²) >= 11 is 0. The van der Waals surface area contributed by atoms with Crippen LogP contribution in [0.3, 0.4) is 0 Å². The average Bonchev–Trinajstić information content (AvgIpc) is 3.23. The third-order valence-electron chi connectivity index (χ3n) is 8.59. The standard InChI is InChI=1S/C29H41N4O8P/c1-5-20-17-29(20,42(39,40)18-19-11-6-9-14-22(19)33(37)38)31-25(34)23-15-10-16-32(23)26(35)24(28(2,3)4)30-27(36)41-21-12-7-8-13-21/h5-6,9,11,14,20-21,23-24H,1,7-8,10,12-13,15-18H2,2-4H3,(H,30,36)(H,31,34)(H,39,40)/t20-,23+,24?,29+/m1/s1. The quantitative estimate of drug-likeness (QED) is 0.152. The first-order valence-electron chi connectivity index (χ1n) is 14.5. The molecule has 2 aliphatic carbocycles. The van der Waals surface area contributed by atoms with Crippen LogP contribution in [0.4, 0.5) is 10.5 Å². The zero-order chi connectivity index (χ0) is 30.9. The van der Waals surface area contributed by atoms with E-state index in [2.05, 4.69) is 17.2 Å². The Bertz CT molecular complexity index is 1290. The van der Waals surface area contributed by atoms with E-state index >= 15 is 0 Å². The van der Waals surface area contributed by atoms with Gasteiger partial charge in [-0.15, -0.1) is 6.58 Å². The Hall–Kier alpha value is -3.24. The predicted molar refractivity (Wildman–Crippen MR) is 156 cm³/mol. The van der Waals surface area contributed by atoms with Gasteiger partial charge < -0.3 is 25.2 Å². The number of carbonyl (C=O) groups excluding carboxylic acids is 3. The number of nitro benzene ring substituents is 1. The number of benzene rings is 1. The molecule has 1 heterocycles. The summed E-state index contributed by atoms with van der Waals surface area (Å²) in [5.41, 5.74) is -0.867. The molecule has 2 unspecified atom stereocenters. The average molecular weight is 605 g/mol. The predicted octanol–water partition coefficient (Wildman–Crippen LogP) is 4.46. The summed E-state index contributed by atoms with van der Waals surface area (Å²) in [4.78, 5) is 63.8. The minimum Gasteiger partial charge on any atom is -0.446 e. The Balaban J connectivity index is 1.51. The van der Waals surface area contributed by atoms with Gasteiger partial charge in [0, 0.05) is 24.1 Å². The summed E-state index contributed by atoms with van der Waals surface area (Å²) in [5, 5.41) is 15.5. The first-order chi connectivity index (χ1) is 19.7. The second-order valence-corrected chi connectivity index (χ2v) is 15.2. The lowest BCUT2D eigenvalue weighted by molar-refractivity contribution is -0.385. The van der Waals surface area contributed by atoms with Gasteiger partial charge in [-0.3, -0.25) is 24.3 Å². The van der Waals surface area contributed by atoms with Gasteiger partial charge in [0.25, 0.3) is 5.69 Å². The molecule has 0 spiro atoms. The molecule has 1 saturated heterocycles. The van der Waals surface area contributed by atoms with E-state index in [1.165, 1.54) is 29.2 Å². The van der Waals surface area contributed by atoms with E-state index in [0.717, 1.165) is 25.7 Å². The highest BCUT2D eigenvalue weighted by molar-refractivity contribution is 7.59. The molecule has 4 rings (SSSR count). The van der Waals surface area contributed by atoms with Crippen molar-refractivity contribution in [1.29, 1.82) is 0 Å². The second-order valence-electron chi connectivity index (χ2n) is 12.7. The Morgan fingerprint density at radius 1 is 1.24 bits per heavy atom. The Morgan fingerprint density at radius 2 is 1.90 bits per heavy atom. The summed E-state index contributed by atoms with van der Waals surface area (Å²) in [6.07, 6.45) is 4.73. The van der Waals surface area contributed by atoms with Crippen LogP contribution in [0, 0.1) is 21.4 Å². The molecule has 42 heavy (non-hydrogen) atoms. The number of carbonyl (C=O) groups is 3. The van der Waals surface area contributed by atoms with Crippen LogP contribution in [0.2, 0.25) is 0 Å². The lowest BCUT2D eigenvalue weighted by atomic mass is 9.85. The molecule has 1 aliphatic heterocycles. The largest absolute Gasteiger partial charge is 0.446 e. The van der Waals surface area contributed by atoms with Gasteiger partial charge in [-0.05, 0) is 50.4 Å². The van der Waals surface area contributed by atoms with E-state index in [0.29, 0.717) is 12.8 Å². The summed E-state index contributed by atoms with van der Waals surface area (Å²) < 4.78 is 19.3. The maximum Gasteiger partial charge on any atom is 0.408 e. The molecular weight excluding hydrogens is 563 g/mol. The number of hydrogen-bond acceptors (Lipinski definition) is 7. The maximum atomic E-state index is 13.8. The van der Waals surface area contributed by atoms with Crippen molar-refractivity contribution in [3.8, 4) is 0 Å². The SMILES string of the molecule is C=C[C@@H]1C[C@]1(NC(=O)[C@@H]1CCCN1C(=O)C(NC(=O)OC1CCCC1)C(C)(C)C)P(=O)(O)Cc1ccccc1[N+](=O)[O-]. The smallest absolute Gasteiger partial charge is 0.408 e. The number of nitrogens with one attached hydrogen (secondary N) is 2. The lowest BCUT2D eigenvalue weighted by Gasteiger charge is -2.36. The van der Waals surface area contributed by atoms with Crippen LogP contribution in [0.15, 0.2) is 36.9 Å². The molecule has 3 aliphatic rings. The van der Waals surface area contributed by atoms with E-state index in [4.69, 9.17) is 4.74 Å².